The highest BCUT2D eigenvalue weighted by atomic mass is 16.1. The van der Waals surface area contributed by atoms with Crippen LogP contribution in [0.25, 0.3) is 11.0 Å². The molecule has 0 bridgehead atoms. The lowest BCUT2D eigenvalue weighted by molar-refractivity contribution is 0.102. The highest BCUT2D eigenvalue weighted by molar-refractivity contribution is 6.05. The molecule has 0 fully saturated rings. The average Bonchev–Trinajstić information content (AvgIpc) is 3.05. The van der Waals surface area contributed by atoms with Crippen molar-refractivity contribution < 1.29 is 4.79 Å². The molecule has 0 aliphatic heterocycles. The van der Waals surface area contributed by atoms with Gasteiger partial charge in [0.25, 0.3) is 5.91 Å². The Kier molecular flexibility index (Phi) is 3.92. The number of nitrogens with one attached hydrogen (secondary N) is 1. The Morgan fingerprint density at radius 3 is 2.64 bits per heavy atom. The lowest BCUT2D eigenvalue weighted by Crippen LogP contribution is -2.12. The smallest absolute Gasteiger partial charge is 0.257 e. The van der Waals surface area contributed by atoms with Crippen LogP contribution in [0.5, 0.6) is 0 Å². The van der Waals surface area contributed by atoms with E-state index in [0.29, 0.717) is 17.8 Å². The minimum absolute atomic E-state index is 0.212. The predicted molar refractivity (Wildman–Crippen MR) is 95.3 cm³/mol. The number of carbonyl (C=O) groups is 1. The SMILES string of the molecule is O=C(Nc1ccncc1)c1cnc2c(cnn2Cc2ccccc2)c1. The van der Waals surface area contributed by atoms with Crippen LogP contribution in [0.15, 0.2) is 73.3 Å². The maximum atomic E-state index is 12.4. The van der Waals surface area contributed by atoms with E-state index >= 15 is 0 Å². The van der Waals surface area contributed by atoms with E-state index in [0.717, 1.165) is 16.6 Å². The van der Waals surface area contributed by atoms with E-state index in [4.69, 9.17) is 0 Å². The van der Waals surface area contributed by atoms with Gasteiger partial charge in [-0.25, -0.2) is 9.67 Å². The third kappa shape index (κ3) is 3.23. The molecule has 0 aliphatic carbocycles. The van der Waals surface area contributed by atoms with Gasteiger partial charge in [0.15, 0.2) is 5.65 Å². The number of aromatic nitrogens is 4. The molecule has 0 spiro atoms. The van der Waals surface area contributed by atoms with Crippen molar-refractivity contribution in [3.8, 4) is 0 Å². The first-order valence-corrected chi connectivity index (χ1v) is 7.86. The van der Waals surface area contributed by atoms with Crippen LogP contribution in [0.3, 0.4) is 0 Å². The number of amides is 1. The van der Waals surface area contributed by atoms with Crippen molar-refractivity contribution in [3.05, 3.63) is 84.4 Å². The monoisotopic (exact) mass is 329 g/mol. The van der Waals surface area contributed by atoms with Crippen molar-refractivity contribution in [1.82, 2.24) is 19.7 Å². The van der Waals surface area contributed by atoms with Crippen LogP contribution < -0.4 is 5.32 Å². The second kappa shape index (κ2) is 6.52. The number of anilines is 1. The number of benzene rings is 1. The molecular weight excluding hydrogens is 314 g/mol. The van der Waals surface area contributed by atoms with Crippen molar-refractivity contribution in [2.75, 3.05) is 5.32 Å². The van der Waals surface area contributed by atoms with Gasteiger partial charge in [0, 0.05) is 29.7 Å². The fraction of sp³-hybridized carbons (Fsp3) is 0.0526. The van der Waals surface area contributed by atoms with Gasteiger partial charge in [-0.1, -0.05) is 30.3 Å². The molecule has 3 heterocycles. The van der Waals surface area contributed by atoms with Crippen molar-refractivity contribution in [1.29, 1.82) is 0 Å². The second-order valence-corrected chi connectivity index (χ2v) is 5.61. The fourth-order valence-electron chi connectivity index (χ4n) is 2.61. The molecule has 3 aromatic heterocycles. The summed E-state index contributed by atoms with van der Waals surface area (Å²) in [7, 11) is 0. The number of fused-ring (bicyclic) bond motifs is 1. The van der Waals surface area contributed by atoms with Crippen molar-refractivity contribution in [2.24, 2.45) is 0 Å². The molecular formula is C19H15N5O. The molecule has 1 amide bonds. The molecule has 6 heteroatoms. The zero-order chi connectivity index (χ0) is 17.1. The number of nitrogens with zero attached hydrogens (tertiary/aromatic N) is 4. The zero-order valence-electron chi connectivity index (χ0n) is 13.3. The molecule has 0 atom stereocenters. The van der Waals surface area contributed by atoms with Gasteiger partial charge < -0.3 is 5.32 Å². The molecule has 6 nitrogen and oxygen atoms in total. The Labute approximate surface area is 144 Å². The Morgan fingerprint density at radius 2 is 1.84 bits per heavy atom. The van der Waals surface area contributed by atoms with Crippen LogP contribution in [0.4, 0.5) is 5.69 Å². The second-order valence-electron chi connectivity index (χ2n) is 5.61. The molecule has 0 saturated heterocycles. The first-order chi connectivity index (χ1) is 12.3. The van der Waals surface area contributed by atoms with Gasteiger partial charge in [-0.15, -0.1) is 0 Å². The number of hydrogen-bond acceptors (Lipinski definition) is 4. The van der Waals surface area contributed by atoms with Gasteiger partial charge in [-0.2, -0.15) is 5.10 Å². The molecule has 0 aliphatic rings. The quantitative estimate of drug-likeness (QED) is 0.624. The Morgan fingerprint density at radius 1 is 1.04 bits per heavy atom. The van der Waals surface area contributed by atoms with E-state index in [1.54, 1.807) is 43.0 Å². The summed E-state index contributed by atoms with van der Waals surface area (Å²) in [5.41, 5.74) is 3.08. The minimum atomic E-state index is -0.212. The number of pyridine rings is 2. The molecule has 122 valence electrons. The summed E-state index contributed by atoms with van der Waals surface area (Å²) in [6.45, 7) is 0.639. The largest absolute Gasteiger partial charge is 0.322 e. The molecule has 1 N–H and O–H groups in total. The van der Waals surface area contributed by atoms with Gasteiger partial charge in [0.05, 0.1) is 18.3 Å². The molecule has 0 saturated carbocycles. The Bertz CT molecular complexity index is 1010. The van der Waals surface area contributed by atoms with E-state index in [2.05, 4.69) is 20.4 Å². The van der Waals surface area contributed by atoms with Gasteiger partial charge in [-0.05, 0) is 23.8 Å². The van der Waals surface area contributed by atoms with E-state index in [-0.39, 0.29) is 5.91 Å². The van der Waals surface area contributed by atoms with E-state index in [1.165, 1.54) is 0 Å². The topological polar surface area (TPSA) is 72.7 Å². The highest BCUT2D eigenvalue weighted by Gasteiger charge is 2.11. The molecule has 4 rings (SSSR count). The van der Waals surface area contributed by atoms with Gasteiger partial charge >= 0.3 is 0 Å². The summed E-state index contributed by atoms with van der Waals surface area (Å²) in [4.78, 5) is 20.7. The summed E-state index contributed by atoms with van der Waals surface area (Å²) in [6, 6.07) is 15.3. The standard InChI is InChI=1S/C19H15N5O/c25-19(23-17-6-8-20-9-7-17)16-10-15-12-22-24(18(15)21-11-16)13-14-4-2-1-3-5-14/h1-12H,13H2,(H,20,23,25). The lowest BCUT2D eigenvalue weighted by atomic mass is 10.2. The van der Waals surface area contributed by atoms with E-state index < -0.39 is 0 Å². The Hall–Kier alpha value is -3.54. The number of hydrogen-bond donors (Lipinski definition) is 1. The van der Waals surface area contributed by atoms with Crippen molar-refractivity contribution in [2.45, 2.75) is 6.54 Å². The van der Waals surface area contributed by atoms with Crippen LogP contribution in [0, 0.1) is 0 Å². The molecule has 0 radical (unpaired) electrons. The van der Waals surface area contributed by atoms with Gasteiger partial charge in [0.2, 0.25) is 0 Å². The minimum Gasteiger partial charge on any atom is -0.322 e. The first kappa shape index (κ1) is 15.0. The van der Waals surface area contributed by atoms with Crippen LogP contribution in [-0.4, -0.2) is 25.7 Å². The fourth-order valence-corrected chi connectivity index (χ4v) is 2.61. The van der Waals surface area contributed by atoms with Crippen LogP contribution in [0.2, 0.25) is 0 Å². The summed E-state index contributed by atoms with van der Waals surface area (Å²) < 4.78 is 1.83. The molecule has 25 heavy (non-hydrogen) atoms. The maximum absolute atomic E-state index is 12.4. The van der Waals surface area contributed by atoms with E-state index in [9.17, 15) is 4.79 Å². The lowest BCUT2D eigenvalue weighted by Gasteiger charge is -2.06. The predicted octanol–water partition coefficient (Wildman–Crippen LogP) is 3.13. The Balaban J connectivity index is 1.58. The zero-order valence-corrected chi connectivity index (χ0v) is 13.3. The summed E-state index contributed by atoms with van der Waals surface area (Å²) >= 11 is 0. The third-order valence-electron chi connectivity index (χ3n) is 3.85. The summed E-state index contributed by atoms with van der Waals surface area (Å²) in [5, 5.41) is 8.04. The average molecular weight is 329 g/mol. The van der Waals surface area contributed by atoms with Crippen LogP contribution in [-0.2, 0) is 6.54 Å². The molecule has 0 unspecified atom stereocenters. The van der Waals surface area contributed by atoms with Crippen molar-refractivity contribution in [3.63, 3.8) is 0 Å². The number of carbonyl (C=O) groups excluding carboxylic acids is 1. The van der Waals surface area contributed by atoms with Gasteiger partial charge in [-0.3, -0.25) is 9.78 Å². The molecule has 4 aromatic rings. The van der Waals surface area contributed by atoms with Crippen molar-refractivity contribution >= 4 is 22.6 Å². The van der Waals surface area contributed by atoms with Crippen LogP contribution >= 0.6 is 0 Å². The summed E-state index contributed by atoms with van der Waals surface area (Å²) in [5.74, 6) is -0.212. The first-order valence-electron chi connectivity index (χ1n) is 7.86. The van der Waals surface area contributed by atoms with Gasteiger partial charge in [0.1, 0.15) is 0 Å². The summed E-state index contributed by atoms with van der Waals surface area (Å²) in [6.07, 6.45) is 6.56. The molecule has 1 aromatic carbocycles. The number of rotatable bonds is 4. The third-order valence-corrected chi connectivity index (χ3v) is 3.85. The highest BCUT2D eigenvalue weighted by Crippen LogP contribution is 2.16. The maximum Gasteiger partial charge on any atom is 0.257 e. The van der Waals surface area contributed by atoms with E-state index in [1.807, 2.05) is 35.0 Å². The van der Waals surface area contributed by atoms with Crippen LogP contribution in [0.1, 0.15) is 15.9 Å². The normalized spacial score (nSPS) is 10.7.